The summed E-state index contributed by atoms with van der Waals surface area (Å²) < 4.78 is 38.1. The molecular formula is C40H59N5O10S. The summed E-state index contributed by atoms with van der Waals surface area (Å²) in [5.74, 6) is -1.73. The molecule has 3 atom stereocenters. The van der Waals surface area contributed by atoms with Crippen molar-refractivity contribution in [2.45, 2.75) is 153 Å². The Hall–Kier alpha value is -4.18. The first-order valence-electron chi connectivity index (χ1n) is 20.2. The zero-order valence-corrected chi connectivity index (χ0v) is 33.6. The van der Waals surface area contributed by atoms with Crippen molar-refractivity contribution in [1.29, 1.82) is 0 Å². The minimum absolute atomic E-state index is 0.0432. The van der Waals surface area contributed by atoms with Gasteiger partial charge < -0.3 is 25.4 Å². The van der Waals surface area contributed by atoms with Crippen molar-refractivity contribution in [3.8, 4) is 0 Å². The molecule has 2 heterocycles. The fourth-order valence-electron chi connectivity index (χ4n) is 8.20. The molecule has 0 spiro atoms. The standard InChI is InChI=1S/C40H59N5O10S/c1-4-20-40(5-2,36(48)43-56(52,53)55-39(3)21-22-39)42-34(46)33-19-13-23-45(33)35(47)32(25-28-14-8-6-9-15-28)41-37(49)54-24-11-7-10-16-29-17-12-18-30-26-44(38(50)51)27-31(29)30/h4,12,17-18,28,32-33H,1,5-11,13-16,19-27H2,2-3H3,(H,41,49)(H,42,46)(H,43,48)(H,50,51). The minimum atomic E-state index is -4.45. The van der Waals surface area contributed by atoms with Gasteiger partial charge in [0, 0.05) is 19.6 Å². The number of amides is 5. The number of carbonyl (C=O) groups is 5. The molecule has 1 aromatic carbocycles. The zero-order chi connectivity index (χ0) is 40.5. The molecule has 16 heteroatoms. The fourth-order valence-corrected chi connectivity index (χ4v) is 9.36. The molecule has 15 nitrogen and oxygen atoms in total. The summed E-state index contributed by atoms with van der Waals surface area (Å²) in [6.45, 7) is 8.23. The lowest BCUT2D eigenvalue weighted by Gasteiger charge is -2.35. The van der Waals surface area contributed by atoms with Crippen molar-refractivity contribution in [1.82, 2.24) is 25.2 Å². The summed E-state index contributed by atoms with van der Waals surface area (Å²) in [6.07, 6.45) is 10.2. The first-order chi connectivity index (χ1) is 26.7. The average molecular weight is 802 g/mol. The van der Waals surface area contributed by atoms with Crippen LogP contribution in [0.3, 0.4) is 0 Å². The molecular weight excluding hydrogens is 743 g/mol. The van der Waals surface area contributed by atoms with E-state index in [4.69, 9.17) is 8.92 Å². The van der Waals surface area contributed by atoms with Crippen LogP contribution in [-0.4, -0.2) is 89.6 Å². The molecule has 1 aromatic rings. The molecule has 1 saturated heterocycles. The predicted octanol–water partition coefficient (Wildman–Crippen LogP) is 5.22. The van der Waals surface area contributed by atoms with E-state index >= 15 is 0 Å². The van der Waals surface area contributed by atoms with Crippen molar-refractivity contribution in [3.63, 3.8) is 0 Å². The van der Waals surface area contributed by atoms with E-state index in [0.717, 1.165) is 68.1 Å². The van der Waals surface area contributed by atoms with E-state index < -0.39 is 63.4 Å². The van der Waals surface area contributed by atoms with Crippen LogP contribution >= 0.6 is 0 Å². The maximum Gasteiger partial charge on any atom is 0.407 e. The van der Waals surface area contributed by atoms with Gasteiger partial charge in [0.15, 0.2) is 0 Å². The van der Waals surface area contributed by atoms with E-state index in [9.17, 15) is 37.5 Å². The Bertz CT molecular complexity index is 1730. The summed E-state index contributed by atoms with van der Waals surface area (Å²) in [6, 6.07) is 4.10. The van der Waals surface area contributed by atoms with Gasteiger partial charge >= 0.3 is 22.5 Å². The minimum Gasteiger partial charge on any atom is -0.465 e. The molecule has 2 saturated carbocycles. The molecule has 3 unspecified atom stereocenters. The molecule has 3 fully saturated rings. The second-order valence-electron chi connectivity index (χ2n) is 16.1. The third-order valence-electron chi connectivity index (χ3n) is 11.8. The van der Waals surface area contributed by atoms with Crippen molar-refractivity contribution in [2.24, 2.45) is 5.92 Å². The molecule has 5 amide bonds. The first-order valence-corrected chi connectivity index (χ1v) is 21.6. The van der Waals surface area contributed by atoms with Crippen LogP contribution in [0.4, 0.5) is 9.59 Å². The van der Waals surface area contributed by atoms with Crippen molar-refractivity contribution in [2.75, 3.05) is 13.2 Å². The van der Waals surface area contributed by atoms with Gasteiger partial charge in [-0.25, -0.2) is 18.5 Å². The van der Waals surface area contributed by atoms with Crippen molar-refractivity contribution in [3.05, 3.63) is 47.5 Å². The normalized spacial score (nSPS) is 20.6. The summed E-state index contributed by atoms with van der Waals surface area (Å²) in [4.78, 5) is 69.1. The highest BCUT2D eigenvalue weighted by Crippen LogP contribution is 2.40. The predicted molar refractivity (Wildman–Crippen MR) is 207 cm³/mol. The molecule has 4 aliphatic rings. The van der Waals surface area contributed by atoms with Crippen LogP contribution in [0.2, 0.25) is 0 Å². The van der Waals surface area contributed by atoms with E-state index in [1.807, 2.05) is 22.9 Å². The van der Waals surface area contributed by atoms with E-state index in [1.165, 1.54) is 15.9 Å². The number of alkyl carbamates (subject to hydrolysis) is 1. The van der Waals surface area contributed by atoms with E-state index in [-0.39, 0.29) is 31.9 Å². The van der Waals surface area contributed by atoms with E-state index in [0.29, 0.717) is 51.6 Å². The van der Waals surface area contributed by atoms with Crippen molar-refractivity contribution >= 4 is 40.2 Å². The second kappa shape index (κ2) is 18.8. The van der Waals surface area contributed by atoms with Gasteiger partial charge in [-0.05, 0) is 100 Å². The molecule has 5 rings (SSSR count). The molecule has 2 aliphatic carbocycles. The number of hydrogen-bond acceptors (Lipinski definition) is 9. The maximum atomic E-state index is 14.2. The molecule has 310 valence electrons. The number of hydrogen-bond donors (Lipinski definition) is 4. The number of nitrogens with zero attached hydrogens (tertiary/aromatic N) is 2. The van der Waals surface area contributed by atoms with Crippen LogP contribution in [0.5, 0.6) is 0 Å². The number of aryl methyl sites for hydroxylation is 1. The topological polar surface area (TPSA) is 201 Å². The lowest BCUT2D eigenvalue weighted by molar-refractivity contribution is -0.142. The maximum absolute atomic E-state index is 14.2. The number of likely N-dealkylation sites (tertiary alicyclic amines) is 1. The highest BCUT2D eigenvalue weighted by atomic mass is 32.2. The van der Waals surface area contributed by atoms with Gasteiger partial charge in [0.25, 0.3) is 5.91 Å². The quantitative estimate of drug-likeness (QED) is 0.106. The monoisotopic (exact) mass is 801 g/mol. The summed E-state index contributed by atoms with van der Waals surface area (Å²) >= 11 is 0. The van der Waals surface area contributed by atoms with Gasteiger partial charge in [-0.15, -0.1) is 6.58 Å². The number of ether oxygens (including phenoxy) is 1. The lowest BCUT2D eigenvalue weighted by Crippen LogP contribution is -2.63. The summed E-state index contributed by atoms with van der Waals surface area (Å²) in [7, 11) is -4.45. The summed E-state index contributed by atoms with van der Waals surface area (Å²) in [5, 5.41) is 15.0. The van der Waals surface area contributed by atoms with Gasteiger partial charge in [0.2, 0.25) is 11.8 Å². The number of nitrogens with one attached hydrogen (secondary N) is 3. The Balaban J connectivity index is 1.16. The third-order valence-corrected chi connectivity index (χ3v) is 12.8. The zero-order valence-electron chi connectivity index (χ0n) is 32.8. The molecule has 0 aromatic heterocycles. The van der Waals surface area contributed by atoms with Crippen molar-refractivity contribution < 1.29 is 46.4 Å². The Morgan fingerprint density at radius 1 is 1.05 bits per heavy atom. The van der Waals surface area contributed by atoms with E-state index in [1.54, 1.807) is 13.8 Å². The van der Waals surface area contributed by atoms with Crippen LogP contribution in [0.1, 0.15) is 127 Å². The molecule has 0 radical (unpaired) electrons. The van der Waals surface area contributed by atoms with Gasteiger partial charge in [-0.2, -0.15) is 8.42 Å². The Morgan fingerprint density at radius 3 is 2.48 bits per heavy atom. The highest BCUT2D eigenvalue weighted by molar-refractivity contribution is 7.85. The second-order valence-corrected chi connectivity index (χ2v) is 17.4. The third kappa shape index (κ3) is 11.2. The number of unbranched alkanes of at least 4 members (excludes halogenated alkanes) is 2. The molecule has 4 N–H and O–H groups in total. The first kappa shape index (κ1) is 43.0. The number of carboxylic acid groups (broad SMARTS) is 1. The molecule has 0 bridgehead atoms. The number of carbonyl (C=O) groups excluding carboxylic acids is 4. The van der Waals surface area contributed by atoms with Crippen LogP contribution in [0, 0.1) is 5.92 Å². The summed E-state index contributed by atoms with van der Waals surface area (Å²) in [5.41, 5.74) is 0.718. The largest absolute Gasteiger partial charge is 0.465 e. The average Bonchev–Trinajstić information content (AvgIpc) is 3.51. The smallest absolute Gasteiger partial charge is 0.407 e. The van der Waals surface area contributed by atoms with Crippen LogP contribution in [-0.2, 0) is 53.1 Å². The van der Waals surface area contributed by atoms with Gasteiger partial charge in [-0.1, -0.05) is 63.3 Å². The SMILES string of the molecule is C=CCC(CC)(NC(=O)C1CCCN1C(=O)C(CC1CCCCC1)NC(=O)OCCCCCc1cccc2c1CN(C(=O)O)C2)C(=O)NS(=O)(=O)OC1(C)CC1. The Morgan fingerprint density at radius 2 is 1.80 bits per heavy atom. The Kier molecular flexibility index (Phi) is 14.5. The van der Waals surface area contributed by atoms with Crippen LogP contribution in [0.15, 0.2) is 30.9 Å². The van der Waals surface area contributed by atoms with Crippen LogP contribution < -0.4 is 15.4 Å². The molecule has 2 aliphatic heterocycles. The fraction of sp³-hybridized carbons (Fsp3) is 0.675. The number of rotatable bonds is 19. The van der Waals surface area contributed by atoms with Gasteiger partial charge in [0.05, 0.1) is 12.2 Å². The van der Waals surface area contributed by atoms with Gasteiger partial charge in [-0.3, -0.25) is 19.3 Å². The number of fused-ring (bicyclic) bond motifs is 1. The highest BCUT2D eigenvalue weighted by Gasteiger charge is 2.47. The number of benzene rings is 1. The van der Waals surface area contributed by atoms with E-state index in [2.05, 4.69) is 17.2 Å². The molecule has 56 heavy (non-hydrogen) atoms. The Labute approximate surface area is 330 Å². The lowest BCUT2D eigenvalue weighted by atomic mass is 9.84. The van der Waals surface area contributed by atoms with Gasteiger partial charge in [0.1, 0.15) is 17.6 Å². The van der Waals surface area contributed by atoms with Crippen LogP contribution in [0.25, 0.3) is 0 Å².